The van der Waals surface area contributed by atoms with Gasteiger partial charge in [-0.25, -0.2) is 0 Å². The second kappa shape index (κ2) is 15.2. The summed E-state index contributed by atoms with van der Waals surface area (Å²) in [5.74, 6) is 0. The molecule has 0 radical (unpaired) electrons. The van der Waals surface area contributed by atoms with Gasteiger partial charge in [0.2, 0.25) is 0 Å². The Hall–Kier alpha value is -0.830. The molecule has 1 aliphatic rings. The minimum Gasteiger partial charge on any atom is -0.390 e. The van der Waals surface area contributed by atoms with E-state index in [1.54, 1.807) is 5.57 Å². The van der Waals surface area contributed by atoms with Crippen LogP contribution in [0.2, 0.25) is 0 Å². The monoisotopic (exact) mass is 271 g/mol. The zero-order valence-corrected chi connectivity index (χ0v) is 14.5. The normalized spacial score (nSPS) is 14.4. The molecule has 0 bridgehead atoms. The van der Waals surface area contributed by atoms with Crippen LogP contribution in [0, 0.1) is 10.8 Å². The maximum Gasteiger partial charge on any atom is 0.0765 e. The highest BCUT2D eigenvalue weighted by atomic mass is 15.1. The van der Waals surface area contributed by atoms with Gasteiger partial charge in [0.1, 0.15) is 0 Å². The van der Waals surface area contributed by atoms with Crippen LogP contribution in [-0.2, 0) is 0 Å². The summed E-state index contributed by atoms with van der Waals surface area (Å²) in [5.41, 5.74) is 6.35. The van der Waals surface area contributed by atoms with Crippen LogP contribution in [0.1, 0.15) is 61.3 Å². The lowest BCUT2D eigenvalue weighted by Crippen LogP contribution is -2.30. The molecule has 0 atom stereocenters. The Bertz CT molecular complexity index is 215. The van der Waals surface area contributed by atoms with Crippen molar-refractivity contribution in [1.29, 1.82) is 5.41 Å². The zero-order chi connectivity index (χ0) is 15.9. The molecular formula is C16H37N3. The third kappa shape index (κ3) is 17.2. The molecule has 0 saturated carbocycles. The highest BCUT2D eigenvalue weighted by Crippen LogP contribution is 2.27. The van der Waals surface area contributed by atoms with Crippen molar-refractivity contribution in [1.82, 2.24) is 4.90 Å². The fraction of sp³-hybridized carbons (Fsp3) is 0.812. The highest BCUT2D eigenvalue weighted by Gasteiger charge is 2.20. The molecule has 1 aliphatic heterocycles. The van der Waals surface area contributed by atoms with Gasteiger partial charge < -0.3 is 10.6 Å². The number of nitrogens with zero attached hydrogens (tertiary/aromatic N) is 1. The molecule has 1 heterocycles. The molecule has 0 aromatic carbocycles. The minimum absolute atomic E-state index is 0.370. The van der Waals surface area contributed by atoms with Crippen LogP contribution in [0.4, 0.5) is 0 Å². The van der Waals surface area contributed by atoms with Crippen molar-refractivity contribution in [3.63, 3.8) is 0 Å². The average molecular weight is 271 g/mol. The summed E-state index contributed by atoms with van der Waals surface area (Å²) in [6, 6.07) is 0. The van der Waals surface area contributed by atoms with Gasteiger partial charge in [-0.2, -0.15) is 0 Å². The molecule has 0 saturated heterocycles. The van der Waals surface area contributed by atoms with E-state index < -0.39 is 0 Å². The van der Waals surface area contributed by atoms with E-state index >= 15 is 0 Å². The summed E-state index contributed by atoms with van der Waals surface area (Å²) in [7, 11) is 2.19. The Morgan fingerprint density at radius 2 is 1.68 bits per heavy atom. The molecule has 0 aromatic rings. The van der Waals surface area contributed by atoms with E-state index in [1.165, 1.54) is 19.4 Å². The first-order valence-corrected chi connectivity index (χ1v) is 7.42. The average Bonchev–Trinajstić information content (AvgIpc) is 2.32. The third-order valence-corrected chi connectivity index (χ3v) is 2.31. The van der Waals surface area contributed by atoms with Gasteiger partial charge in [-0.15, -0.1) is 0 Å². The summed E-state index contributed by atoms with van der Waals surface area (Å²) in [6.07, 6.45) is 5.63. The molecule has 0 aliphatic carbocycles. The van der Waals surface area contributed by atoms with E-state index in [9.17, 15) is 0 Å². The van der Waals surface area contributed by atoms with Crippen molar-refractivity contribution in [2.45, 2.75) is 61.3 Å². The van der Waals surface area contributed by atoms with Crippen molar-refractivity contribution in [2.24, 2.45) is 11.1 Å². The topological polar surface area (TPSA) is 53.1 Å². The molecule has 3 heteroatoms. The van der Waals surface area contributed by atoms with E-state index in [2.05, 4.69) is 58.4 Å². The van der Waals surface area contributed by atoms with Crippen molar-refractivity contribution >= 4 is 6.34 Å². The Morgan fingerprint density at radius 3 is 1.89 bits per heavy atom. The maximum atomic E-state index is 5.86. The standard InChI is InChI=1S/C10H19N.C3H8.C2H6.CH4N2/c1-10(2,3)9-6-5-7-11(4)8-9;1-3-2;1-2;2-1-3/h6H,5,7-8H2,1-4H3;3H2,1-2H3;1-2H3;1H,(H3,2,3). The van der Waals surface area contributed by atoms with Gasteiger partial charge in [0.25, 0.3) is 0 Å². The van der Waals surface area contributed by atoms with Gasteiger partial charge in [-0.1, -0.05) is 66.5 Å². The van der Waals surface area contributed by atoms with E-state index in [4.69, 9.17) is 5.41 Å². The van der Waals surface area contributed by atoms with Crippen LogP contribution >= 0.6 is 0 Å². The van der Waals surface area contributed by atoms with E-state index in [-0.39, 0.29) is 0 Å². The Balaban J connectivity index is -0.000000269. The van der Waals surface area contributed by atoms with Crippen LogP contribution in [0.25, 0.3) is 0 Å². The molecule has 116 valence electrons. The van der Waals surface area contributed by atoms with E-state index in [0.29, 0.717) is 5.41 Å². The molecule has 3 N–H and O–H groups in total. The Morgan fingerprint density at radius 1 is 1.32 bits per heavy atom. The lowest BCUT2D eigenvalue weighted by Gasteiger charge is -2.31. The molecule has 3 nitrogen and oxygen atoms in total. The number of rotatable bonds is 0. The van der Waals surface area contributed by atoms with Crippen LogP contribution < -0.4 is 5.73 Å². The third-order valence-electron chi connectivity index (χ3n) is 2.31. The largest absolute Gasteiger partial charge is 0.390 e. The number of hydrogen-bond acceptors (Lipinski definition) is 2. The minimum atomic E-state index is 0.370. The Labute approximate surface area is 121 Å². The van der Waals surface area contributed by atoms with Gasteiger partial charge in [-0.05, 0) is 18.9 Å². The van der Waals surface area contributed by atoms with Gasteiger partial charge in [0.15, 0.2) is 0 Å². The van der Waals surface area contributed by atoms with Crippen molar-refractivity contribution in [3.8, 4) is 0 Å². The van der Waals surface area contributed by atoms with Crippen molar-refractivity contribution in [3.05, 3.63) is 11.6 Å². The molecule has 19 heavy (non-hydrogen) atoms. The van der Waals surface area contributed by atoms with Gasteiger partial charge in [-0.3, -0.25) is 5.41 Å². The van der Waals surface area contributed by atoms with Crippen LogP contribution in [0.15, 0.2) is 11.6 Å². The summed E-state index contributed by atoms with van der Waals surface area (Å²) in [4.78, 5) is 2.39. The molecule has 0 unspecified atom stereocenters. The first-order chi connectivity index (χ1) is 8.83. The number of hydrogen-bond donors (Lipinski definition) is 2. The van der Waals surface area contributed by atoms with Gasteiger partial charge in [0, 0.05) is 13.1 Å². The number of nitrogens with two attached hydrogens (primary N) is 1. The smallest absolute Gasteiger partial charge is 0.0765 e. The van der Waals surface area contributed by atoms with Crippen LogP contribution in [-0.4, -0.2) is 31.4 Å². The molecule has 0 aromatic heterocycles. The predicted molar refractivity (Wildman–Crippen MR) is 89.9 cm³/mol. The fourth-order valence-electron chi connectivity index (χ4n) is 1.44. The zero-order valence-electron chi connectivity index (χ0n) is 14.5. The molecule has 0 fully saturated rings. The summed E-state index contributed by atoms with van der Waals surface area (Å²) in [6.45, 7) is 17.5. The summed E-state index contributed by atoms with van der Waals surface area (Å²) >= 11 is 0. The Kier molecular flexibility index (Phi) is 18.7. The number of likely N-dealkylation sites (N-methyl/N-ethyl adjacent to an activating group) is 1. The van der Waals surface area contributed by atoms with E-state index in [0.717, 1.165) is 12.9 Å². The SMILES string of the molecule is CC.CCC.CN1CCC=C(C(C)(C)C)C1.N=CN. The van der Waals surface area contributed by atoms with Crippen LogP contribution in [0.5, 0.6) is 0 Å². The van der Waals surface area contributed by atoms with E-state index in [1.807, 2.05) is 13.8 Å². The maximum absolute atomic E-state index is 5.86. The molecular weight excluding hydrogens is 234 g/mol. The quantitative estimate of drug-likeness (QED) is 0.392. The molecule has 0 spiro atoms. The van der Waals surface area contributed by atoms with Crippen LogP contribution in [0.3, 0.4) is 0 Å². The predicted octanol–water partition coefficient (Wildman–Crippen LogP) is 4.29. The second-order valence-electron chi connectivity index (χ2n) is 5.38. The van der Waals surface area contributed by atoms with Crippen molar-refractivity contribution in [2.75, 3.05) is 20.1 Å². The first-order valence-electron chi connectivity index (χ1n) is 7.42. The van der Waals surface area contributed by atoms with Crippen molar-refractivity contribution < 1.29 is 0 Å². The lowest BCUT2D eigenvalue weighted by molar-refractivity contribution is 0.317. The highest BCUT2D eigenvalue weighted by molar-refractivity contribution is 5.46. The van der Waals surface area contributed by atoms with Gasteiger partial charge >= 0.3 is 0 Å². The molecule has 1 rings (SSSR count). The fourth-order valence-corrected chi connectivity index (χ4v) is 1.44. The lowest BCUT2D eigenvalue weighted by atomic mass is 9.84. The summed E-state index contributed by atoms with van der Waals surface area (Å²) < 4.78 is 0. The first kappa shape index (κ1) is 23.3. The van der Waals surface area contributed by atoms with Gasteiger partial charge in [0.05, 0.1) is 6.34 Å². The summed E-state index contributed by atoms with van der Waals surface area (Å²) in [5, 5.41) is 5.86. The second-order valence-corrected chi connectivity index (χ2v) is 5.38. The number of nitrogens with one attached hydrogen (secondary N) is 1. The molecule has 0 amide bonds.